The fourth-order valence-electron chi connectivity index (χ4n) is 4.57. The van der Waals surface area contributed by atoms with Gasteiger partial charge in [0.2, 0.25) is 0 Å². The third kappa shape index (κ3) is 6.20. The standard InChI is InChI=1S/C26H31NO7/c28-25(21-10-12-22(13-11-21)27(29)30)31-17-6-9-23-14-15-24(26(34-23)16-4-5-18-33-26)32-19-20-7-2-1-3-8-20/h1-3,7-8,10-13,23-24H,4-6,9,14-19H2/t23-,24-,26-/m0/s1. The van der Waals surface area contributed by atoms with E-state index in [-0.39, 0.29) is 24.5 Å². The van der Waals surface area contributed by atoms with Crippen LogP contribution in [0.3, 0.4) is 0 Å². The summed E-state index contributed by atoms with van der Waals surface area (Å²) in [5.74, 6) is -1.19. The Labute approximate surface area is 199 Å². The molecule has 2 saturated heterocycles. The summed E-state index contributed by atoms with van der Waals surface area (Å²) in [6, 6.07) is 15.5. The van der Waals surface area contributed by atoms with Gasteiger partial charge in [0.15, 0.2) is 5.79 Å². The predicted octanol–water partition coefficient (Wildman–Crippen LogP) is 5.19. The smallest absolute Gasteiger partial charge is 0.338 e. The number of nitrogens with zero attached hydrogens (tertiary/aromatic N) is 1. The van der Waals surface area contributed by atoms with Crippen molar-refractivity contribution in [1.82, 2.24) is 0 Å². The van der Waals surface area contributed by atoms with Crippen molar-refractivity contribution >= 4 is 11.7 Å². The lowest BCUT2D eigenvalue weighted by Gasteiger charge is -2.48. The number of nitro groups is 1. The third-order valence-corrected chi connectivity index (χ3v) is 6.38. The SMILES string of the molecule is O=C(OCCC[C@H]1CC[C@H](OCc2ccccc2)[C@]2(CCCCO2)O1)c1ccc([N+](=O)[O-])cc1. The maximum Gasteiger partial charge on any atom is 0.338 e. The topological polar surface area (TPSA) is 97.1 Å². The van der Waals surface area contributed by atoms with E-state index in [4.69, 9.17) is 18.9 Å². The van der Waals surface area contributed by atoms with Crippen molar-refractivity contribution in [2.24, 2.45) is 0 Å². The molecule has 0 saturated carbocycles. The summed E-state index contributed by atoms with van der Waals surface area (Å²) in [4.78, 5) is 22.4. The second-order valence-corrected chi connectivity index (χ2v) is 8.80. The molecule has 2 aliphatic rings. The summed E-state index contributed by atoms with van der Waals surface area (Å²) < 4.78 is 24.3. The molecule has 2 aromatic rings. The van der Waals surface area contributed by atoms with Gasteiger partial charge in [0, 0.05) is 18.6 Å². The monoisotopic (exact) mass is 469 g/mol. The Morgan fingerprint density at radius 3 is 2.59 bits per heavy atom. The first-order chi connectivity index (χ1) is 16.6. The van der Waals surface area contributed by atoms with Gasteiger partial charge in [-0.3, -0.25) is 10.1 Å². The first-order valence-corrected chi connectivity index (χ1v) is 11.9. The second-order valence-electron chi connectivity index (χ2n) is 8.80. The van der Waals surface area contributed by atoms with E-state index in [2.05, 4.69) is 12.1 Å². The van der Waals surface area contributed by atoms with Crippen LogP contribution in [0.5, 0.6) is 0 Å². The molecule has 1 spiro atoms. The average Bonchev–Trinajstić information content (AvgIpc) is 2.87. The van der Waals surface area contributed by atoms with Crippen molar-refractivity contribution in [1.29, 1.82) is 0 Å². The average molecular weight is 470 g/mol. The fraction of sp³-hybridized carbons (Fsp3) is 0.500. The zero-order valence-corrected chi connectivity index (χ0v) is 19.2. The van der Waals surface area contributed by atoms with Crippen molar-refractivity contribution < 1.29 is 28.7 Å². The van der Waals surface area contributed by atoms with Gasteiger partial charge in [-0.05, 0) is 56.2 Å². The van der Waals surface area contributed by atoms with Crippen LogP contribution < -0.4 is 0 Å². The fourth-order valence-corrected chi connectivity index (χ4v) is 4.57. The minimum atomic E-state index is -0.703. The molecule has 8 heteroatoms. The maximum atomic E-state index is 12.2. The van der Waals surface area contributed by atoms with Crippen LogP contribution in [-0.2, 0) is 25.6 Å². The Kier molecular flexibility index (Phi) is 8.26. The van der Waals surface area contributed by atoms with Gasteiger partial charge in [-0.15, -0.1) is 0 Å². The van der Waals surface area contributed by atoms with Gasteiger partial charge in [-0.25, -0.2) is 4.79 Å². The van der Waals surface area contributed by atoms with Gasteiger partial charge in [0.05, 0.1) is 36.4 Å². The summed E-state index contributed by atoms with van der Waals surface area (Å²) in [5.41, 5.74) is 1.37. The number of hydrogen-bond acceptors (Lipinski definition) is 7. The molecular weight excluding hydrogens is 438 g/mol. The van der Waals surface area contributed by atoms with Crippen LogP contribution in [0.2, 0.25) is 0 Å². The molecule has 0 unspecified atom stereocenters. The first kappa shape index (κ1) is 24.3. The molecule has 2 aromatic carbocycles. The van der Waals surface area contributed by atoms with Crippen molar-refractivity contribution in [3.05, 3.63) is 75.8 Å². The van der Waals surface area contributed by atoms with Crippen LogP contribution in [-0.4, -0.2) is 42.1 Å². The highest BCUT2D eigenvalue weighted by Crippen LogP contribution is 2.40. The van der Waals surface area contributed by atoms with Crippen molar-refractivity contribution in [2.75, 3.05) is 13.2 Å². The molecule has 3 atom stereocenters. The number of carbonyl (C=O) groups excluding carboxylic acids is 1. The van der Waals surface area contributed by atoms with E-state index in [9.17, 15) is 14.9 Å². The van der Waals surface area contributed by atoms with Crippen molar-refractivity contribution in [3.63, 3.8) is 0 Å². The van der Waals surface area contributed by atoms with Crippen LogP contribution in [0.15, 0.2) is 54.6 Å². The molecule has 2 aliphatic heterocycles. The number of carbonyl (C=O) groups is 1. The number of rotatable bonds is 9. The molecule has 0 amide bonds. The number of esters is 1. The molecule has 2 heterocycles. The number of hydrogen-bond donors (Lipinski definition) is 0. The zero-order valence-electron chi connectivity index (χ0n) is 19.2. The van der Waals surface area contributed by atoms with Crippen molar-refractivity contribution in [3.8, 4) is 0 Å². The molecule has 8 nitrogen and oxygen atoms in total. The molecule has 34 heavy (non-hydrogen) atoms. The molecule has 0 radical (unpaired) electrons. The lowest BCUT2D eigenvalue weighted by atomic mass is 9.90. The molecule has 182 valence electrons. The van der Waals surface area contributed by atoms with E-state index in [0.717, 1.165) is 44.1 Å². The number of benzene rings is 2. The Bertz CT molecular complexity index is 941. The lowest BCUT2D eigenvalue weighted by Crippen LogP contribution is -2.55. The Balaban J connectivity index is 1.25. The zero-order chi connectivity index (χ0) is 23.8. The normalized spacial score (nSPS) is 24.6. The molecule has 0 N–H and O–H groups in total. The second kappa shape index (κ2) is 11.6. The molecule has 0 aliphatic carbocycles. The Morgan fingerprint density at radius 1 is 1.09 bits per heavy atom. The van der Waals surface area contributed by atoms with Crippen LogP contribution in [0, 0.1) is 10.1 Å². The molecule has 2 fully saturated rings. The minimum Gasteiger partial charge on any atom is -0.462 e. The highest BCUT2D eigenvalue weighted by Gasteiger charge is 2.48. The number of nitro benzene ring substituents is 1. The van der Waals surface area contributed by atoms with Crippen LogP contribution in [0.4, 0.5) is 5.69 Å². The number of ether oxygens (including phenoxy) is 4. The van der Waals surface area contributed by atoms with Crippen LogP contribution >= 0.6 is 0 Å². The lowest BCUT2D eigenvalue weighted by molar-refractivity contribution is -0.384. The van der Waals surface area contributed by atoms with E-state index in [1.807, 2.05) is 18.2 Å². The minimum absolute atomic E-state index is 0.0211. The number of non-ortho nitro benzene ring substituents is 1. The summed E-state index contributed by atoms with van der Waals surface area (Å²) in [7, 11) is 0. The van der Waals surface area contributed by atoms with Gasteiger partial charge >= 0.3 is 5.97 Å². The van der Waals surface area contributed by atoms with E-state index >= 15 is 0 Å². The van der Waals surface area contributed by atoms with Gasteiger partial charge in [-0.1, -0.05) is 30.3 Å². The summed E-state index contributed by atoms with van der Waals surface area (Å²) in [6.45, 7) is 1.46. The van der Waals surface area contributed by atoms with Crippen LogP contribution in [0.25, 0.3) is 0 Å². The van der Waals surface area contributed by atoms with Gasteiger partial charge < -0.3 is 18.9 Å². The van der Waals surface area contributed by atoms with E-state index in [1.54, 1.807) is 0 Å². The summed E-state index contributed by atoms with van der Waals surface area (Å²) in [6.07, 6.45) is 5.94. The van der Waals surface area contributed by atoms with Crippen molar-refractivity contribution in [2.45, 2.75) is 69.5 Å². The molecule has 4 rings (SSSR count). The highest BCUT2D eigenvalue weighted by molar-refractivity contribution is 5.89. The summed E-state index contributed by atoms with van der Waals surface area (Å²) in [5, 5.41) is 10.7. The first-order valence-electron chi connectivity index (χ1n) is 11.9. The van der Waals surface area contributed by atoms with Gasteiger partial charge in [0.1, 0.15) is 6.10 Å². The molecule has 0 bridgehead atoms. The molecule has 0 aromatic heterocycles. The van der Waals surface area contributed by atoms with Gasteiger partial charge in [0.25, 0.3) is 5.69 Å². The van der Waals surface area contributed by atoms with Crippen LogP contribution in [0.1, 0.15) is 60.9 Å². The molecular formula is C26H31NO7. The largest absolute Gasteiger partial charge is 0.462 e. The Hall–Kier alpha value is -2.81. The highest BCUT2D eigenvalue weighted by atomic mass is 16.7. The Morgan fingerprint density at radius 2 is 1.88 bits per heavy atom. The van der Waals surface area contributed by atoms with Gasteiger partial charge in [-0.2, -0.15) is 0 Å². The predicted molar refractivity (Wildman–Crippen MR) is 124 cm³/mol. The maximum absolute atomic E-state index is 12.2. The third-order valence-electron chi connectivity index (χ3n) is 6.38. The van der Waals surface area contributed by atoms with E-state index in [1.165, 1.54) is 24.3 Å². The van der Waals surface area contributed by atoms with E-state index in [0.29, 0.717) is 25.2 Å². The van der Waals surface area contributed by atoms with E-state index < -0.39 is 16.7 Å². The quantitative estimate of drug-likeness (QED) is 0.216. The summed E-state index contributed by atoms with van der Waals surface area (Å²) >= 11 is 0.